The number of amides is 1. The molecule has 140 valence electrons. The van der Waals surface area contributed by atoms with Crippen LogP contribution in [0.15, 0.2) is 39.8 Å². The summed E-state index contributed by atoms with van der Waals surface area (Å²) in [4.78, 5) is 28.7. The Morgan fingerprint density at radius 1 is 1.37 bits per heavy atom. The van der Waals surface area contributed by atoms with Crippen LogP contribution in [0.4, 0.5) is 5.69 Å². The molecule has 8 heteroatoms. The molecule has 1 amide bonds. The Morgan fingerprint density at radius 3 is 2.63 bits per heavy atom. The van der Waals surface area contributed by atoms with E-state index in [9.17, 15) is 14.9 Å². The highest BCUT2D eigenvalue weighted by molar-refractivity contribution is 9.10. The van der Waals surface area contributed by atoms with Gasteiger partial charge in [-0.25, -0.2) is 9.78 Å². The average molecular weight is 448 g/mol. The van der Waals surface area contributed by atoms with Crippen molar-refractivity contribution in [1.29, 1.82) is 5.26 Å². The molecule has 0 spiro atoms. The zero-order chi connectivity index (χ0) is 20.0. The highest BCUT2D eigenvalue weighted by Gasteiger charge is 2.21. The van der Waals surface area contributed by atoms with Crippen LogP contribution in [0, 0.1) is 18.3 Å². The number of nitriles is 1. The number of aromatic nitrogens is 1. The fraction of sp³-hybridized carbons (Fsp3) is 0.263. The number of thioether (sulfide) groups is 1. The van der Waals surface area contributed by atoms with Crippen molar-refractivity contribution in [2.75, 3.05) is 11.9 Å². The van der Waals surface area contributed by atoms with Crippen LogP contribution in [0.2, 0.25) is 0 Å². The fourth-order valence-corrected chi connectivity index (χ4v) is 3.35. The van der Waals surface area contributed by atoms with Crippen molar-refractivity contribution in [3.05, 3.63) is 51.6 Å². The van der Waals surface area contributed by atoms with Crippen molar-refractivity contribution in [2.24, 2.45) is 0 Å². The van der Waals surface area contributed by atoms with Gasteiger partial charge in [-0.15, -0.1) is 0 Å². The van der Waals surface area contributed by atoms with Gasteiger partial charge in [-0.05, 0) is 51.1 Å². The second kappa shape index (κ2) is 9.53. The Balaban J connectivity index is 2.16. The van der Waals surface area contributed by atoms with E-state index in [-0.39, 0.29) is 23.6 Å². The summed E-state index contributed by atoms with van der Waals surface area (Å²) in [5, 5.41) is 12.1. The average Bonchev–Trinajstić information content (AvgIpc) is 2.63. The van der Waals surface area contributed by atoms with Gasteiger partial charge >= 0.3 is 5.97 Å². The summed E-state index contributed by atoms with van der Waals surface area (Å²) in [6.07, 6.45) is 0. The van der Waals surface area contributed by atoms with E-state index in [0.717, 1.165) is 4.47 Å². The van der Waals surface area contributed by atoms with E-state index in [2.05, 4.69) is 26.2 Å². The third kappa shape index (κ3) is 5.55. The van der Waals surface area contributed by atoms with E-state index in [1.807, 2.05) is 18.2 Å². The molecule has 0 radical (unpaired) electrons. The van der Waals surface area contributed by atoms with Crippen LogP contribution in [0.25, 0.3) is 0 Å². The summed E-state index contributed by atoms with van der Waals surface area (Å²) >= 11 is 4.51. The normalized spacial score (nSPS) is 11.4. The lowest BCUT2D eigenvalue weighted by atomic mass is 10.1. The first-order chi connectivity index (χ1) is 12.8. The van der Waals surface area contributed by atoms with Crippen LogP contribution >= 0.6 is 27.7 Å². The van der Waals surface area contributed by atoms with E-state index in [0.29, 0.717) is 16.4 Å². The Morgan fingerprint density at radius 2 is 2.04 bits per heavy atom. The molecule has 2 rings (SSSR count). The SMILES string of the molecule is CCOC(=O)c1cc(C#N)c(SC(C)C(=O)Nc2ccc(Br)cc2)nc1C. The van der Waals surface area contributed by atoms with E-state index < -0.39 is 11.2 Å². The van der Waals surface area contributed by atoms with E-state index >= 15 is 0 Å². The molecule has 0 bridgehead atoms. The van der Waals surface area contributed by atoms with Gasteiger partial charge < -0.3 is 10.1 Å². The predicted octanol–water partition coefficient (Wildman–Crippen LogP) is 4.32. The highest BCUT2D eigenvalue weighted by atomic mass is 79.9. The zero-order valence-corrected chi connectivity index (χ0v) is 17.5. The topological polar surface area (TPSA) is 92.1 Å². The molecule has 0 aliphatic rings. The van der Waals surface area contributed by atoms with Crippen molar-refractivity contribution < 1.29 is 14.3 Å². The molecule has 1 aromatic heterocycles. The van der Waals surface area contributed by atoms with Crippen LogP contribution < -0.4 is 5.32 Å². The standard InChI is InChI=1S/C19H18BrN3O3S/c1-4-26-19(25)16-9-13(10-21)18(22-11(16)2)27-12(3)17(24)23-15-7-5-14(20)6-8-15/h5-9,12H,4H2,1-3H3,(H,23,24). The van der Waals surface area contributed by atoms with E-state index in [1.54, 1.807) is 32.9 Å². The highest BCUT2D eigenvalue weighted by Crippen LogP contribution is 2.28. The van der Waals surface area contributed by atoms with Crippen LogP contribution in [0.3, 0.4) is 0 Å². The maximum Gasteiger partial charge on any atom is 0.340 e. The number of aryl methyl sites for hydroxylation is 1. The van der Waals surface area contributed by atoms with Gasteiger partial charge in [-0.2, -0.15) is 5.26 Å². The molecule has 1 heterocycles. The van der Waals surface area contributed by atoms with Crippen molar-refractivity contribution in [1.82, 2.24) is 4.98 Å². The number of benzene rings is 1. The second-order valence-electron chi connectivity index (χ2n) is 5.56. The number of pyridine rings is 1. The van der Waals surface area contributed by atoms with Crippen molar-refractivity contribution in [3.8, 4) is 6.07 Å². The van der Waals surface area contributed by atoms with Crippen LogP contribution in [-0.2, 0) is 9.53 Å². The third-order valence-corrected chi connectivity index (χ3v) is 5.19. The van der Waals surface area contributed by atoms with Gasteiger partial charge in [0, 0.05) is 10.2 Å². The minimum absolute atomic E-state index is 0.208. The summed E-state index contributed by atoms with van der Waals surface area (Å²) < 4.78 is 5.90. The van der Waals surface area contributed by atoms with Crippen LogP contribution in [0.5, 0.6) is 0 Å². The van der Waals surface area contributed by atoms with Crippen molar-refractivity contribution >= 4 is 45.3 Å². The number of carbonyl (C=O) groups is 2. The van der Waals surface area contributed by atoms with Gasteiger partial charge in [0.1, 0.15) is 11.1 Å². The molecule has 6 nitrogen and oxygen atoms in total. The van der Waals surface area contributed by atoms with E-state index in [1.165, 1.54) is 17.8 Å². The maximum atomic E-state index is 12.4. The summed E-state index contributed by atoms with van der Waals surface area (Å²) in [6.45, 7) is 5.35. The largest absolute Gasteiger partial charge is 0.462 e. The first-order valence-electron chi connectivity index (χ1n) is 8.17. The lowest BCUT2D eigenvalue weighted by Gasteiger charge is -2.14. The summed E-state index contributed by atoms with van der Waals surface area (Å²) in [5.41, 5.74) is 1.62. The Kier molecular flexibility index (Phi) is 7.39. The Hall–Kier alpha value is -2.37. The summed E-state index contributed by atoms with van der Waals surface area (Å²) in [6, 6.07) is 10.7. The molecule has 1 unspecified atom stereocenters. The first kappa shape index (κ1) is 20.9. The van der Waals surface area contributed by atoms with Crippen molar-refractivity contribution in [2.45, 2.75) is 31.0 Å². The van der Waals surface area contributed by atoms with Gasteiger partial charge in [-0.3, -0.25) is 4.79 Å². The lowest BCUT2D eigenvalue weighted by Crippen LogP contribution is -2.22. The monoisotopic (exact) mass is 447 g/mol. The number of rotatable bonds is 6. The molecular formula is C19H18BrN3O3S. The van der Waals surface area contributed by atoms with Crippen LogP contribution in [-0.4, -0.2) is 28.7 Å². The quantitative estimate of drug-likeness (QED) is 0.523. The number of ether oxygens (including phenoxy) is 1. The van der Waals surface area contributed by atoms with Crippen LogP contribution in [0.1, 0.15) is 35.5 Å². The number of anilines is 1. The number of esters is 1. The number of hydrogen-bond donors (Lipinski definition) is 1. The molecular weight excluding hydrogens is 430 g/mol. The minimum Gasteiger partial charge on any atom is -0.462 e. The molecule has 0 saturated heterocycles. The molecule has 27 heavy (non-hydrogen) atoms. The van der Waals surface area contributed by atoms with Gasteiger partial charge in [0.15, 0.2) is 0 Å². The minimum atomic E-state index is -0.517. The fourth-order valence-electron chi connectivity index (χ4n) is 2.17. The second-order valence-corrected chi connectivity index (χ2v) is 7.81. The van der Waals surface area contributed by atoms with Gasteiger partial charge in [0.2, 0.25) is 5.91 Å². The maximum absolute atomic E-state index is 12.4. The summed E-state index contributed by atoms with van der Waals surface area (Å²) in [5.74, 6) is -0.725. The number of nitrogens with one attached hydrogen (secondary N) is 1. The number of halogens is 1. The van der Waals surface area contributed by atoms with Gasteiger partial charge in [0.05, 0.1) is 28.7 Å². The van der Waals surface area contributed by atoms with Gasteiger partial charge in [0.25, 0.3) is 0 Å². The molecule has 1 N–H and O–H groups in total. The Bertz CT molecular complexity index is 894. The molecule has 0 aliphatic heterocycles. The zero-order valence-electron chi connectivity index (χ0n) is 15.1. The Labute approximate surface area is 170 Å². The summed E-state index contributed by atoms with van der Waals surface area (Å²) in [7, 11) is 0. The molecule has 0 fully saturated rings. The van der Waals surface area contributed by atoms with Gasteiger partial charge in [-0.1, -0.05) is 27.7 Å². The first-order valence-corrected chi connectivity index (χ1v) is 9.85. The molecule has 0 aliphatic carbocycles. The molecule has 1 atom stereocenters. The van der Waals surface area contributed by atoms with Crippen molar-refractivity contribution in [3.63, 3.8) is 0 Å². The number of carbonyl (C=O) groups excluding carboxylic acids is 2. The molecule has 0 saturated carbocycles. The number of hydrogen-bond acceptors (Lipinski definition) is 6. The molecule has 2 aromatic rings. The smallest absolute Gasteiger partial charge is 0.340 e. The van der Waals surface area contributed by atoms with E-state index in [4.69, 9.17) is 4.74 Å². The lowest BCUT2D eigenvalue weighted by molar-refractivity contribution is -0.115. The predicted molar refractivity (Wildman–Crippen MR) is 108 cm³/mol. The number of nitrogens with zero attached hydrogens (tertiary/aromatic N) is 2. The third-order valence-electron chi connectivity index (χ3n) is 3.56. The molecule has 1 aromatic carbocycles.